The average Bonchev–Trinajstić information content (AvgIpc) is 3.86. The molecule has 2 aromatic carbocycles. The summed E-state index contributed by atoms with van der Waals surface area (Å²) in [5.74, 6) is -0.350. The Morgan fingerprint density at radius 3 is 2.29 bits per heavy atom. The molecule has 2 N–H and O–H groups in total. The summed E-state index contributed by atoms with van der Waals surface area (Å²) >= 11 is 9.03. The van der Waals surface area contributed by atoms with Crippen LogP contribution in [0.1, 0.15) is 26.7 Å². The van der Waals surface area contributed by atoms with Crippen molar-refractivity contribution in [3.63, 3.8) is 0 Å². The van der Waals surface area contributed by atoms with Gasteiger partial charge in [-0.25, -0.2) is 9.97 Å². The normalized spacial score (nSPS) is 20.5. The third kappa shape index (κ3) is 7.43. The second-order valence-corrected chi connectivity index (χ2v) is 13.6. The molecule has 0 bridgehead atoms. The minimum absolute atomic E-state index is 0.0702. The summed E-state index contributed by atoms with van der Waals surface area (Å²) in [6, 6.07) is 17.4. The number of hydrogen-bond donors (Lipinski definition) is 2. The van der Waals surface area contributed by atoms with Gasteiger partial charge in [-0.15, -0.1) is 0 Å². The summed E-state index contributed by atoms with van der Waals surface area (Å²) in [6.45, 7) is 5.52. The molecule has 3 atom stereocenters. The van der Waals surface area contributed by atoms with Crippen molar-refractivity contribution in [2.75, 3.05) is 30.3 Å². The second-order valence-electron chi connectivity index (χ2n) is 11.1. The number of likely N-dealkylation sites (tertiary alicyclic amines) is 2. The number of aromatic nitrogens is 2. The van der Waals surface area contributed by atoms with Crippen LogP contribution in [-0.4, -0.2) is 57.3 Å². The molecule has 6 rings (SSSR count). The first kappa shape index (κ1) is 31.9. The number of halogens is 1. The molecular weight excluding hydrogens is 628 g/mol. The van der Waals surface area contributed by atoms with E-state index in [0.717, 1.165) is 20.9 Å². The highest BCUT2D eigenvalue weighted by molar-refractivity contribution is 7.19. The first-order valence-corrected chi connectivity index (χ1v) is 16.4. The van der Waals surface area contributed by atoms with Gasteiger partial charge in [-0.05, 0) is 38.3 Å². The summed E-state index contributed by atoms with van der Waals surface area (Å²) in [4.78, 5) is 38.6. The maximum absolute atomic E-state index is 12.5. The van der Waals surface area contributed by atoms with E-state index >= 15 is 0 Å². The lowest BCUT2D eigenvalue weighted by Crippen LogP contribution is -2.35. The van der Waals surface area contributed by atoms with E-state index in [-0.39, 0.29) is 23.8 Å². The molecule has 45 heavy (non-hydrogen) atoms. The van der Waals surface area contributed by atoms with E-state index in [9.17, 15) is 9.59 Å². The van der Waals surface area contributed by atoms with Crippen molar-refractivity contribution < 1.29 is 9.59 Å². The Hall–Kier alpha value is -4.49. The molecule has 2 fully saturated rings. The Morgan fingerprint density at radius 1 is 0.956 bits per heavy atom. The van der Waals surface area contributed by atoms with E-state index in [0.29, 0.717) is 47.8 Å². The molecule has 1 unspecified atom stereocenters. The fraction of sp³-hybridized carbons (Fsp3) is 0.312. The fourth-order valence-electron chi connectivity index (χ4n) is 5.29. The zero-order valence-electron chi connectivity index (χ0n) is 24.7. The summed E-state index contributed by atoms with van der Waals surface area (Å²) < 4.78 is 0. The Labute approximate surface area is 274 Å². The maximum Gasteiger partial charge on any atom is 0.233 e. The summed E-state index contributed by atoms with van der Waals surface area (Å²) in [5.41, 5.74) is 1.45. The number of benzene rings is 2. The zero-order chi connectivity index (χ0) is 32.0. The molecule has 10 nitrogen and oxygen atoms in total. The molecule has 2 aliphatic rings. The van der Waals surface area contributed by atoms with Gasteiger partial charge in [-0.2, -0.15) is 10.5 Å². The predicted octanol–water partition coefficient (Wildman–Crippen LogP) is 6.54. The molecule has 230 valence electrons. The van der Waals surface area contributed by atoms with Crippen LogP contribution in [0.5, 0.6) is 0 Å². The summed E-state index contributed by atoms with van der Waals surface area (Å²) in [7, 11) is 0. The number of rotatable bonds is 6. The van der Waals surface area contributed by atoms with E-state index in [2.05, 4.69) is 33.0 Å². The van der Waals surface area contributed by atoms with Gasteiger partial charge >= 0.3 is 0 Å². The second kappa shape index (κ2) is 14.1. The van der Waals surface area contributed by atoms with Crippen molar-refractivity contribution in [3.8, 4) is 33.3 Å². The summed E-state index contributed by atoms with van der Waals surface area (Å²) in [5, 5.41) is 25.5. The minimum Gasteiger partial charge on any atom is -0.310 e. The molecule has 2 saturated heterocycles. The maximum atomic E-state index is 12.5. The van der Waals surface area contributed by atoms with Gasteiger partial charge in [0.25, 0.3) is 0 Å². The van der Waals surface area contributed by atoms with Crippen molar-refractivity contribution in [2.24, 2.45) is 11.3 Å². The van der Waals surface area contributed by atoms with Gasteiger partial charge in [-0.1, -0.05) is 82.8 Å². The Bertz CT molecular complexity index is 1750. The van der Waals surface area contributed by atoms with Crippen molar-refractivity contribution in [2.45, 2.75) is 32.7 Å². The number of nitriles is 2. The molecular formula is C32H31ClN8O2S2. The number of carbonyl (C=O) groups excluding carboxylic acids is 2. The van der Waals surface area contributed by atoms with Gasteiger partial charge in [0.05, 0.1) is 21.1 Å². The fourth-order valence-corrected chi connectivity index (χ4v) is 7.26. The van der Waals surface area contributed by atoms with Crippen LogP contribution in [0.3, 0.4) is 0 Å². The lowest BCUT2D eigenvalue weighted by molar-refractivity contribution is -0.124. The van der Waals surface area contributed by atoms with Crippen molar-refractivity contribution in [1.29, 1.82) is 10.5 Å². The van der Waals surface area contributed by atoms with Gasteiger partial charge in [0, 0.05) is 48.7 Å². The number of hydrogen-bond acceptors (Lipinski definition) is 10. The molecule has 0 spiro atoms. The number of nitrogens with zero attached hydrogens (tertiary/aromatic N) is 6. The highest BCUT2D eigenvalue weighted by Gasteiger charge is 2.40. The minimum atomic E-state index is -0.533. The van der Waals surface area contributed by atoms with Crippen LogP contribution in [0.2, 0.25) is 5.02 Å². The highest BCUT2D eigenvalue weighted by Crippen LogP contribution is 2.35. The van der Waals surface area contributed by atoms with Gasteiger partial charge < -0.3 is 20.4 Å². The van der Waals surface area contributed by atoms with Crippen LogP contribution >= 0.6 is 34.3 Å². The van der Waals surface area contributed by atoms with E-state index < -0.39 is 5.41 Å². The molecule has 13 heteroatoms. The molecule has 0 aliphatic carbocycles. The third-order valence-electron chi connectivity index (χ3n) is 8.04. The van der Waals surface area contributed by atoms with Crippen LogP contribution in [-0.2, 0) is 9.59 Å². The Kier molecular flexibility index (Phi) is 9.99. The number of nitrogens with one attached hydrogen (secondary N) is 2. The Morgan fingerprint density at radius 2 is 1.62 bits per heavy atom. The topological polar surface area (TPSA) is 138 Å². The van der Waals surface area contributed by atoms with Crippen LogP contribution in [0, 0.1) is 34.2 Å². The highest BCUT2D eigenvalue weighted by atomic mass is 35.5. The number of amides is 2. The first-order chi connectivity index (χ1) is 21.7. The van der Waals surface area contributed by atoms with Gasteiger partial charge in [-0.3, -0.25) is 9.59 Å². The quantitative estimate of drug-likeness (QED) is 0.223. The number of carbonyl (C=O) groups is 2. The molecule has 4 heterocycles. The van der Waals surface area contributed by atoms with Crippen LogP contribution in [0.25, 0.3) is 20.9 Å². The molecule has 2 aliphatic heterocycles. The van der Waals surface area contributed by atoms with Crippen molar-refractivity contribution >= 4 is 56.4 Å². The lowest BCUT2D eigenvalue weighted by Gasteiger charge is -2.20. The van der Waals surface area contributed by atoms with Crippen molar-refractivity contribution in [1.82, 2.24) is 19.8 Å². The van der Waals surface area contributed by atoms with Crippen LogP contribution < -0.4 is 10.6 Å². The lowest BCUT2D eigenvalue weighted by atomic mass is 9.89. The molecule has 2 amide bonds. The monoisotopic (exact) mass is 658 g/mol. The SMILES string of the molecule is CC1(C(=O)Nc2ncc(-c3ccccc3)s2)CCN(C#N)C1.C[C@H]1[C@@H](C(=O)Nc2ncc(-c3ccccc3Cl)s2)CCN1C#N. The van der Waals surface area contributed by atoms with E-state index in [1.165, 1.54) is 22.7 Å². The van der Waals surface area contributed by atoms with E-state index in [1.54, 1.807) is 22.2 Å². The van der Waals surface area contributed by atoms with E-state index in [4.69, 9.17) is 22.1 Å². The molecule has 2 aromatic heterocycles. The van der Waals surface area contributed by atoms with Gasteiger partial charge in [0.2, 0.25) is 11.8 Å². The zero-order valence-corrected chi connectivity index (χ0v) is 27.1. The van der Waals surface area contributed by atoms with E-state index in [1.807, 2.05) is 68.4 Å². The van der Waals surface area contributed by atoms with Gasteiger partial charge in [0.15, 0.2) is 22.6 Å². The summed E-state index contributed by atoms with van der Waals surface area (Å²) in [6.07, 6.45) is 9.07. The smallest absolute Gasteiger partial charge is 0.233 e. The van der Waals surface area contributed by atoms with Gasteiger partial charge in [0.1, 0.15) is 0 Å². The number of anilines is 2. The average molecular weight is 659 g/mol. The molecule has 0 saturated carbocycles. The van der Waals surface area contributed by atoms with Crippen LogP contribution in [0.15, 0.2) is 67.0 Å². The Balaban J connectivity index is 0.000000178. The standard InChI is InChI=1S/C16H15ClN4OS.C16H16N4OS/c1-10-11(6-7-21(10)9-18)15(22)20-16-19-8-14(23-16)12-4-2-3-5-13(12)17;1-16(7-8-20(10-16)11-17)14(21)19-15-18-9-13(22-15)12-5-3-2-4-6-12/h2-5,8,10-11H,6-7H2,1H3,(H,19,20,22);2-6,9H,7-8,10H2,1H3,(H,18,19,21)/t10-,11-;/m0./s1. The molecule has 0 radical (unpaired) electrons. The van der Waals surface area contributed by atoms with Crippen molar-refractivity contribution in [3.05, 3.63) is 72.0 Å². The molecule has 4 aromatic rings. The largest absolute Gasteiger partial charge is 0.310 e. The predicted molar refractivity (Wildman–Crippen MR) is 177 cm³/mol. The third-order valence-corrected chi connectivity index (χ3v) is 10.3. The first-order valence-electron chi connectivity index (χ1n) is 14.4. The number of thiazole rings is 2. The van der Waals surface area contributed by atoms with Crippen LogP contribution in [0.4, 0.5) is 10.3 Å².